The monoisotopic (exact) mass is 379 g/mol. The first-order valence-electron chi connectivity index (χ1n) is 8.32. The summed E-state index contributed by atoms with van der Waals surface area (Å²) in [4.78, 5) is 11.5. The molecule has 0 bridgehead atoms. The molecule has 0 saturated heterocycles. The van der Waals surface area contributed by atoms with E-state index in [2.05, 4.69) is 5.10 Å². The fraction of sp³-hybridized carbons (Fsp3) is 0.0476. The van der Waals surface area contributed by atoms with Crippen LogP contribution in [0, 0.1) is 5.82 Å². The van der Waals surface area contributed by atoms with Crippen molar-refractivity contribution >= 4 is 23.0 Å². The van der Waals surface area contributed by atoms with Gasteiger partial charge in [0.1, 0.15) is 5.82 Å². The number of nitrogens with zero attached hydrogens (tertiary/aromatic N) is 2. The number of hydrogen-bond acceptors (Lipinski definition) is 2. The van der Waals surface area contributed by atoms with Crippen LogP contribution in [0.15, 0.2) is 66.9 Å². The molecular weight excluding hydrogens is 365 g/mol. The molecule has 4 nitrogen and oxygen atoms in total. The number of hydrogen-bond donors (Lipinski definition) is 1. The topological polar surface area (TPSA) is 60.4 Å². The lowest BCUT2D eigenvalue weighted by molar-refractivity contribution is 0.100. The Labute approximate surface area is 160 Å². The predicted molar refractivity (Wildman–Crippen MR) is 103 cm³/mol. The Morgan fingerprint density at radius 1 is 1.04 bits per heavy atom. The van der Waals surface area contributed by atoms with Gasteiger partial charge >= 0.3 is 0 Å². The number of fused-ring (bicyclic) bond motifs is 1. The van der Waals surface area contributed by atoms with E-state index in [1.807, 2.05) is 30.5 Å². The third kappa shape index (κ3) is 3.55. The number of amides is 1. The standard InChI is InChI=1S/C21H15ClFN3O/c22-19-6-1-13(11-18(19)21(24)27)9-14-7-8-26-17(10-14)12-20(25-26)15-2-4-16(23)5-3-15/h1-8,10-12H,9H2,(H2,24,27). The molecule has 6 heteroatoms. The largest absolute Gasteiger partial charge is 0.366 e. The summed E-state index contributed by atoms with van der Waals surface area (Å²) in [7, 11) is 0. The Morgan fingerprint density at radius 3 is 2.52 bits per heavy atom. The van der Waals surface area contributed by atoms with Gasteiger partial charge in [-0.1, -0.05) is 17.7 Å². The average Bonchev–Trinajstić information content (AvgIpc) is 3.07. The molecule has 0 spiro atoms. The second kappa shape index (κ2) is 6.85. The number of carbonyl (C=O) groups excluding carboxylic acids is 1. The smallest absolute Gasteiger partial charge is 0.250 e. The molecule has 134 valence electrons. The van der Waals surface area contributed by atoms with E-state index in [1.54, 1.807) is 28.8 Å². The molecule has 0 saturated carbocycles. The summed E-state index contributed by atoms with van der Waals surface area (Å²) in [6.07, 6.45) is 2.51. The zero-order chi connectivity index (χ0) is 19.0. The number of nitrogens with two attached hydrogens (primary N) is 1. The lowest BCUT2D eigenvalue weighted by Crippen LogP contribution is -2.12. The summed E-state index contributed by atoms with van der Waals surface area (Å²) in [5, 5.41) is 4.87. The van der Waals surface area contributed by atoms with Gasteiger partial charge in [0.05, 0.1) is 21.8 Å². The van der Waals surface area contributed by atoms with E-state index >= 15 is 0 Å². The minimum Gasteiger partial charge on any atom is -0.366 e. The summed E-state index contributed by atoms with van der Waals surface area (Å²) in [5.41, 5.74) is 10.2. The summed E-state index contributed by atoms with van der Waals surface area (Å²) in [6.45, 7) is 0. The maximum absolute atomic E-state index is 13.1. The highest BCUT2D eigenvalue weighted by Gasteiger charge is 2.09. The van der Waals surface area contributed by atoms with Gasteiger partial charge < -0.3 is 5.73 Å². The molecule has 2 N–H and O–H groups in total. The molecule has 2 heterocycles. The van der Waals surface area contributed by atoms with Crippen LogP contribution in [0.2, 0.25) is 5.02 Å². The Balaban J connectivity index is 1.65. The first-order valence-corrected chi connectivity index (χ1v) is 8.70. The lowest BCUT2D eigenvalue weighted by Gasteiger charge is -2.06. The molecule has 27 heavy (non-hydrogen) atoms. The molecular formula is C21H15ClFN3O. The molecule has 1 amide bonds. The Morgan fingerprint density at radius 2 is 1.78 bits per heavy atom. The molecule has 2 aromatic heterocycles. The van der Waals surface area contributed by atoms with Gasteiger partial charge in [0.25, 0.3) is 0 Å². The van der Waals surface area contributed by atoms with Crippen molar-refractivity contribution in [2.45, 2.75) is 6.42 Å². The Kier molecular flexibility index (Phi) is 4.38. The van der Waals surface area contributed by atoms with E-state index in [4.69, 9.17) is 17.3 Å². The van der Waals surface area contributed by atoms with Crippen LogP contribution in [-0.2, 0) is 6.42 Å². The van der Waals surface area contributed by atoms with Crippen molar-refractivity contribution in [2.24, 2.45) is 5.73 Å². The summed E-state index contributed by atoms with van der Waals surface area (Å²) >= 11 is 6.01. The maximum Gasteiger partial charge on any atom is 0.250 e. The Hall–Kier alpha value is -3.18. The van der Waals surface area contributed by atoms with Crippen molar-refractivity contribution < 1.29 is 9.18 Å². The van der Waals surface area contributed by atoms with Crippen LogP contribution >= 0.6 is 11.6 Å². The lowest BCUT2D eigenvalue weighted by atomic mass is 10.0. The third-order valence-corrected chi connectivity index (χ3v) is 4.70. The quantitative estimate of drug-likeness (QED) is 0.568. The van der Waals surface area contributed by atoms with Crippen LogP contribution in [0.4, 0.5) is 4.39 Å². The van der Waals surface area contributed by atoms with E-state index in [9.17, 15) is 9.18 Å². The molecule has 0 aliphatic heterocycles. The van der Waals surface area contributed by atoms with E-state index in [-0.39, 0.29) is 5.82 Å². The summed E-state index contributed by atoms with van der Waals surface area (Å²) in [6, 6.07) is 17.5. The highest BCUT2D eigenvalue weighted by molar-refractivity contribution is 6.33. The minimum atomic E-state index is -0.544. The molecule has 4 aromatic rings. The van der Waals surface area contributed by atoms with Gasteiger partial charge in [-0.2, -0.15) is 5.10 Å². The first kappa shape index (κ1) is 17.2. The summed E-state index contributed by atoms with van der Waals surface area (Å²) in [5.74, 6) is -0.819. The van der Waals surface area contributed by atoms with Crippen LogP contribution in [-0.4, -0.2) is 15.5 Å². The van der Waals surface area contributed by atoms with Gasteiger partial charge in [0, 0.05) is 11.8 Å². The normalized spacial score (nSPS) is 11.0. The van der Waals surface area contributed by atoms with Gasteiger partial charge in [-0.3, -0.25) is 4.79 Å². The number of halogens is 2. The molecule has 0 unspecified atom stereocenters. The SMILES string of the molecule is NC(=O)c1cc(Cc2ccn3nc(-c4ccc(F)cc4)cc3c2)ccc1Cl. The van der Waals surface area contributed by atoms with Crippen molar-refractivity contribution in [3.05, 3.63) is 94.4 Å². The molecule has 0 aliphatic rings. The minimum absolute atomic E-state index is 0.275. The number of aromatic nitrogens is 2. The second-order valence-electron chi connectivity index (χ2n) is 6.30. The predicted octanol–water partition coefficient (Wildman–Crippen LogP) is 4.48. The number of pyridine rings is 1. The molecule has 0 atom stereocenters. The van der Waals surface area contributed by atoms with Gasteiger partial charge in [0.15, 0.2) is 0 Å². The molecule has 0 aliphatic carbocycles. The van der Waals surface area contributed by atoms with Crippen molar-refractivity contribution in [3.63, 3.8) is 0 Å². The number of rotatable bonds is 4. The van der Waals surface area contributed by atoms with Crippen LogP contribution in [0.1, 0.15) is 21.5 Å². The fourth-order valence-corrected chi connectivity index (χ4v) is 3.23. The zero-order valence-electron chi connectivity index (χ0n) is 14.2. The van der Waals surface area contributed by atoms with Crippen molar-refractivity contribution in [2.75, 3.05) is 0 Å². The molecule has 0 radical (unpaired) electrons. The van der Waals surface area contributed by atoms with E-state index in [0.717, 1.165) is 27.9 Å². The average molecular weight is 380 g/mol. The summed E-state index contributed by atoms with van der Waals surface area (Å²) < 4.78 is 14.9. The highest BCUT2D eigenvalue weighted by atomic mass is 35.5. The zero-order valence-corrected chi connectivity index (χ0v) is 14.9. The van der Waals surface area contributed by atoms with Crippen LogP contribution < -0.4 is 5.73 Å². The Bertz CT molecular complexity index is 1150. The molecule has 0 fully saturated rings. The third-order valence-electron chi connectivity index (χ3n) is 4.37. The fourth-order valence-electron chi connectivity index (χ4n) is 3.02. The maximum atomic E-state index is 13.1. The van der Waals surface area contributed by atoms with E-state index < -0.39 is 5.91 Å². The van der Waals surface area contributed by atoms with Crippen molar-refractivity contribution in [3.8, 4) is 11.3 Å². The number of carbonyl (C=O) groups is 1. The van der Waals surface area contributed by atoms with Gasteiger partial charge in [-0.15, -0.1) is 0 Å². The highest BCUT2D eigenvalue weighted by Crippen LogP contribution is 2.23. The van der Waals surface area contributed by atoms with Crippen LogP contribution in [0.25, 0.3) is 16.8 Å². The van der Waals surface area contributed by atoms with Crippen molar-refractivity contribution in [1.82, 2.24) is 9.61 Å². The second-order valence-corrected chi connectivity index (χ2v) is 6.70. The molecule has 4 rings (SSSR count). The van der Waals surface area contributed by atoms with E-state index in [1.165, 1.54) is 12.1 Å². The van der Waals surface area contributed by atoms with Crippen LogP contribution in [0.3, 0.4) is 0 Å². The van der Waals surface area contributed by atoms with Gasteiger partial charge in [-0.25, -0.2) is 8.91 Å². The van der Waals surface area contributed by atoms with Crippen molar-refractivity contribution in [1.29, 1.82) is 0 Å². The van der Waals surface area contributed by atoms with Gasteiger partial charge in [0.2, 0.25) is 5.91 Å². The van der Waals surface area contributed by atoms with E-state index in [0.29, 0.717) is 17.0 Å². The number of benzene rings is 2. The van der Waals surface area contributed by atoms with Crippen LogP contribution in [0.5, 0.6) is 0 Å². The number of primary amides is 1. The molecule has 2 aromatic carbocycles. The van der Waals surface area contributed by atoms with Gasteiger partial charge in [-0.05, 0) is 72.1 Å². The first-order chi connectivity index (χ1) is 13.0.